The van der Waals surface area contributed by atoms with Gasteiger partial charge in [-0.3, -0.25) is 4.79 Å². The van der Waals surface area contributed by atoms with Crippen molar-refractivity contribution in [3.05, 3.63) is 47.5 Å². The third-order valence-electron chi connectivity index (χ3n) is 4.30. The van der Waals surface area contributed by atoms with Crippen molar-refractivity contribution >= 4 is 33.2 Å². The lowest BCUT2D eigenvalue weighted by molar-refractivity contribution is -0.118. The number of hydrogen-bond donors (Lipinski definition) is 1. The SMILES string of the molecule is COc1cccc(NC(=O)COc2ccc(Cl)cc2S(=O)(=O)N2CCCC2)c1. The van der Waals surface area contributed by atoms with Crippen LogP contribution in [-0.2, 0) is 14.8 Å². The molecule has 1 heterocycles. The first-order chi connectivity index (χ1) is 13.4. The van der Waals surface area contributed by atoms with Crippen LogP contribution in [0.2, 0.25) is 5.02 Å². The molecule has 0 aromatic heterocycles. The van der Waals surface area contributed by atoms with E-state index in [-0.39, 0.29) is 22.3 Å². The van der Waals surface area contributed by atoms with Gasteiger partial charge in [-0.2, -0.15) is 4.31 Å². The number of carbonyl (C=O) groups is 1. The van der Waals surface area contributed by atoms with E-state index >= 15 is 0 Å². The van der Waals surface area contributed by atoms with E-state index in [9.17, 15) is 13.2 Å². The van der Waals surface area contributed by atoms with E-state index in [4.69, 9.17) is 21.1 Å². The molecule has 1 fully saturated rings. The van der Waals surface area contributed by atoms with Crippen molar-refractivity contribution in [2.24, 2.45) is 0 Å². The maximum atomic E-state index is 12.9. The number of anilines is 1. The smallest absolute Gasteiger partial charge is 0.262 e. The van der Waals surface area contributed by atoms with Gasteiger partial charge in [0.2, 0.25) is 10.0 Å². The van der Waals surface area contributed by atoms with Gasteiger partial charge >= 0.3 is 0 Å². The highest BCUT2D eigenvalue weighted by Gasteiger charge is 2.30. The molecule has 0 radical (unpaired) electrons. The van der Waals surface area contributed by atoms with Crippen LogP contribution in [0.1, 0.15) is 12.8 Å². The zero-order chi connectivity index (χ0) is 20.1. The van der Waals surface area contributed by atoms with Crippen LogP contribution in [0.15, 0.2) is 47.4 Å². The molecule has 1 aliphatic heterocycles. The third kappa shape index (κ3) is 4.76. The molecule has 7 nitrogen and oxygen atoms in total. The van der Waals surface area contributed by atoms with Crippen molar-refractivity contribution in [2.75, 3.05) is 32.1 Å². The first-order valence-electron chi connectivity index (χ1n) is 8.76. The number of ether oxygens (including phenoxy) is 2. The Bertz CT molecular complexity index is 959. The van der Waals surface area contributed by atoms with Crippen LogP contribution in [0.3, 0.4) is 0 Å². The van der Waals surface area contributed by atoms with Crippen molar-refractivity contribution in [3.8, 4) is 11.5 Å². The molecule has 150 valence electrons. The quantitative estimate of drug-likeness (QED) is 0.738. The number of sulfonamides is 1. The van der Waals surface area contributed by atoms with E-state index in [1.54, 1.807) is 24.3 Å². The van der Waals surface area contributed by atoms with Crippen molar-refractivity contribution in [1.29, 1.82) is 0 Å². The Morgan fingerprint density at radius 2 is 1.93 bits per heavy atom. The van der Waals surface area contributed by atoms with Crippen LogP contribution in [0.25, 0.3) is 0 Å². The lowest BCUT2D eigenvalue weighted by atomic mass is 10.3. The van der Waals surface area contributed by atoms with Crippen LogP contribution in [0.5, 0.6) is 11.5 Å². The maximum absolute atomic E-state index is 12.9. The molecule has 9 heteroatoms. The Kier molecular flexibility index (Phi) is 6.43. The highest BCUT2D eigenvalue weighted by molar-refractivity contribution is 7.89. The molecule has 2 aromatic carbocycles. The van der Waals surface area contributed by atoms with Gasteiger partial charge in [0.25, 0.3) is 5.91 Å². The highest BCUT2D eigenvalue weighted by Crippen LogP contribution is 2.31. The Morgan fingerprint density at radius 1 is 1.18 bits per heavy atom. The predicted molar refractivity (Wildman–Crippen MR) is 107 cm³/mol. The summed E-state index contributed by atoms with van der Waals surface area (Å²) in [6.45, 7) is 0.580. The van der Waals surface area contributed by atoms with Crippen LogP contribution in [0.4, 0.5) is 5.69 Å². The minimum atomic E-state index is -3.73. The lowest BCUT2D eigenvalue weighted by Crippen LogP contribution is -2.28. The number of halogens is 1. The number of carbonyl (C=O) groups excluding carboxylic acids is 1. The fourth-order valence-corrected chi connectivity index (χ4v) is 4.82. The van der Waals surface area contributed by atoms with E-state index in [0.29, 0.717) is 24.5 Å². The number of benzene rings is 2. The zero-order valence-corrected chi connectivity index (χ0v) is 16.9. The van der Waals surface area contributed by atoms with E-state index in [1.165, 1.54) is 29.6 Å². The van der Waals surface area contributed by atoms with Gasteiger partial charge in [-0.05, 0) is 43.2 Å². The zero-order valence-electron chi connectivity index (χ0n) is 15.4. The summed E-state index contributed by atoms with van der Waals surface area (Å²) in [5.41, 5.74) is 0.550. The number of nitrogens with zero attached hydrogens (tertiary/aromatic N) is 1. The molecule has 1 amide bonds. The van der Waals surface area contributed by atoms with Gasteiger partial charge in [0.05, 0.1) is 7.11 Å². The Morgan fingerprint density at radius 3 is 2.64 bits per heavy atom. The van der Waals surface area contributed by atoms with Crippen LogP contribution in [0, 0.1) is 0 Å². The van der Waals surface area contributed by atoms with Crippen LogP contribution >= 0.6 is 11.6 Å². The summed E-state index contributed by atoms with van der Waals surface area (Å²) >= 11 is 6.00. The molecule has 1 N–H and O–H groups in total. The van der Waals surface area contributed by atoms with E-state index in [2.05, 4.69) is 5.32 Å². The monoisotopic (exact) mass is 424 g/mol. The summed E-state index contributed by atoms with van der Waals surface area (Å²) in [5.74, 6) is 0.278. The molecule has 28 heavy (non-hydrogen) atoms. The Hall–Kier alpha value is -2.29. The number of rotatable bonds is 7. The molecule has 1 saturated heterocycles. The van der Waals surface area contributed by atoms with Crippen molar-refractivity contribution in [1.82, 2.24) is 4.31 Å². The minimum Gasteiger partial charge on any atom is -0.497 e. The van der Waals surface area contributed by atoms with Gasteiger partial charge in [0.15, 0.2) is 6.61 Å². The molecule has 0 atom stereocenters. The maximum Gasteiger partial charge on any atom is 0.262 e. The molecule has 2 aromatic rings. The highest BCUT2D eigenvalue weighted by atomic mass is 35.5. The molecule has 0 unspecified atom stereocenters. The molecule has 0 bridgehead atoms. The van der Waals surface area contributed by atoms with E-state index in [0.717, 1.165) is 12.8 Å². The normalized spacial score (nSPS) is 14.6. The van der Waals surface area contributed by atoms with E-state index in [1.807, 2.05) is 0 Å². The fourth-order valence-electron chi connectivity index (χ4n) is 2.91. The first-order valence-corrected chi connectivity index (χ1v) is 10.6. The Labute approximate surface area is 169 Å². The number of nitrogens with one attached hydrogen (secondary N) is 1. The second kappa shape index (κ2) is 8.81. The van der Waals surface area contributed by atoms with Crippen molar-refractivity contribution in [3.63, 3.8) is 0 Å². The lowest BCUT2D eigenvalue weighted by Gasteiger charge is -2.18. The summed E-state index contributed by atoms with van der Waals surface area (Å²) < 4.78 is 37.8. The first kappa shape index (κ1) is 20.4. The van der Waals surface area contributed by atoms with Gasteiger partial charge in [-0.1, -0.05) is 17.7 Å². The number of methoxy groups -OCH3 is 1. The van der Waals surface area contributed by atoms with Gasteiger partial charge < -0.3 is 14.8 Å². The molecular formula is C19H21ClN2O5S. The second-order valence-electron chi connectivity index (χ2n) is 6.27. The average Bonchev–Trinajstić information content (AvgIpc) is 3.23. The Balaban J connectivity index is 1.72. The third-order valence-corrected chi connectivity index (χ3v) is 6.46. The topological polar surface area (TPSA) is 84.9 Å². The predicted octanol–water partition coefficient (Wildman–Crippen LogP) is 3.15. The molecule has 0 spiro atoms. The fraction of sp³-hybridized carbons (Fsp3) is 0.316. The van der Waals surface area contributed by atoms with Gasteiger partial charge in [0, 0.05) is 29.9 Å². The molecular weight excluding hydrogens is 404 g/mol. The van der Waals surface area contributed by atoms with Crippen LogP contribution in [-0.4, -0.2) is 45.4 Å². The summed E-state index contributed by atoms with van der Waals surface area (Å²) in [7, 11) is -2.20. The summed E-state index contributed by atoms with van der Waals surface area (Å²) in [4.78, 5) is 12.2. The van der Waals surface area contributed by atoms with Crippen molar-refractivity contribution in [2.45, 2.75) is 17.7 Å². The van der Waals surface area contributed by atoms with E-state index < -0.39 is 15.9 Å². The molecule has 1 aliphatic rings. The molecule has 0 aliphatic carbocycles. The average molecular weight is 425 g/mol. The van der Waals surface area contributed by atoms with Crippen molar-refractivity contribution < 1.29 is 22.7 Å². The van der Waals surface area contributed by atoms with Crippen LogP contribution < -0.4 is 14.8 Å². The molecule has 3 rings (SSSR count). The number of hydrogen-bond acceptors (Lipinski definition) is 5. The minimum absolute atomic E-state index is 0.0314. The van der Waals surface area contributed by atoms with Gasteiger partial charge in [-0.15, -0.1) is 0 Å². The second-order valence-corrected chi connectivity index (χ2v) is 8.61. The van der Waals surface area contributed by atoms with Gasteiger partial charge in [-0.25, -0.2) is 8.42 Å². The standard InChI is InChI=1S/C19H21ClN2O5S/c1-26-16-6-4-5-15(12-16)21-19(23)13-27-17-8-7-14(20)11-18(17)28(24,25)22-9-2-3-10-22/h4-8,11-12H,2-3,9-10,13H2,1H3,(H,21,23). The molecule has 0 saturated carbocycles. The summed E-state index contributed by atoms with van der Waals surface area (Å²) in [5, 5.41) is 2.97. The summed E-state index contributed by atoms with van der Waals surface area (Å²) in [6.07, 6.45) is 1.64. The number of amides is 1. The van der Waals surface area contributed by atoms with Gasteiger partial charge in [0.1, 0.15) is 16.4 Å². The largest absolute Gasteiger partial charge is 0.497 e. The summed E-state index contributed by atoms with van der Waals surface area (Å²) in [6, 6.07) is 11.2.